The lowest BCUT2D eigenvalue weighted by molar-refractivity contribution is 0.0462. The van der Waals surface area contributed by atoms with Crippen LogP contribution >= 0.6 is 0 Å². The minimum atomic E-state index is -0.585. The van der Waals surface area contributed by atoms with Gasteiger partial charge in [0.05, 0.1) is 5.56 Å². The molecule has 0 unspecified atom stereocenters. The molecule has 0 saturated heterocycles. The molecule has 0 fully saturated rings. The monoisotopic (exact) mass is 379 g/mol. The Morgan fingerprint density at radius 1 is 0.821 bits per heavy atom. The number of nitrogen functional groups attached to an aromatic ring is 2. The fraction of sp³-hybridized carbons (Fsp3) is 0.0556. The maximum Gasteiger partial charge on any atom is 0.338 e. The van der Waals surface area contributed by atoms with E-state index < -0.39 is 12.0 Å². The van der Waals surface area contributed by atoms with Crippen molar-refractivity contribution < 1.29 is 14.3 Å². The third kappa shape index (κ3) is 5.14. The highest BCUT2D eigenvalue weighted by Gasteiger charge is 2.10. The summed E-state index contributed by atoms with van der Waals surface area (Å²) in [6.45, 7) is -0.199. The first-order valence-corrected chi connectivity index (χ1v) is 8.16. The molecule has 10 heteroatoms. The maximum absolute atomic E-state index is 12.1. The van der Waals surface area contributed by atoms with Gasteiger partial charge >= 0.3 is 12.0 Å². The number of nitrogens with one attached hydrogen (secondary N) is 2. The third-order valence-corrected chi connectivity index (χ3v) is 3.46. The van der Waals surface area contributed by atoms with Gasteiger partial charge in [0, 0.05) is 11.4 Å². The number of hydrogen-bond donors (Lipinski definition) is 4. The summed E-state index contributed by atoms with van der Waals surface area (Å²) in [5.74, 6) is -0.544. The summed E-state index contributed by atoms with van der Waals surface area (Å²) < 4.78 is 5.12. The van der Waals surface area contributed by atoms with Crippen LogP contribution in [0.3, 0.4) is 0 Å². The molecule has 1 heterocycles. The van der Waals surface area contributed by atoms with Crippen LogP contribution in [-0.4, -0.2) is 27.0 Å². The molecule has 0 saturated carbocycles. The Morgan fingerprint density at radius 3 is 2.00 bits per heavy atom. The van der Waals surface area contributed by atoms with Gasteiger partial charge in [-0.05, 0) is 36.4 Å². The van der Waals surface area contributed by atoms with E-state index in [1.54, 1.807) is 24.3 Å². The second-order valence-corrected chi connectivity index (χ2v) is 5.57. The van der Waals surface area contributed by atoms with E-state index in [-0.39, 0.29) is 24.3 Å². The summed E-state index contributed by atoms with van der Waals surface area (Å²) in [4.78, 5) is 35.4. The van der Waals surface area contributed by atoms with Gasteiger partial charge in [0.2, 0.25) is 11.9 Å². The number of ether oxygens (including phenoxy) is 1. The molecular formula is C18H17N7O3. The van der Waals surface area contributed by atoms with E-state index in [0.29, 0.717) is 16.9 Å². The summed E-state index contributed by atoms with van der Waals surface area (Å²) in [5, 5.41) is 5.36. The number of amides is 2. The van der Waals surface area contributed by atoms with Crippen molar-refractivity contribution in [2.75, 3.05) is 22.1 Å². The van der Waals surface area contributed by atoms with Crippen LogP contribution in [0.1, 0.15) is 16.2 Å². The predicted octanol–water partition coefficient (Wildman–Crippen LogP) is 2.04. The summed E-state index contributed by atoms with van der Waals surface area (Å²) in [7, 11) is 0. The van der Waals surface area contributed by atoms with Gasteiger partial charge in [0.25, 0.3) is 0 Å². The van der Waals surface area contributed by atoms with Crippen LogP contribution in [0, 0.1) is 0 Å². The molecular weight excluding hydrogens is 362 g/mol. The van der Waals surface area contributed by atoms with E-state index in [9.17, 15) is 9.59 Å². The largest absolute Gasteiger partial charge is 0.454 e. The first-order chi connectivity index (χ1) is 13.5. The SMILES string of the molecule is Nc1nc(N)nc(COC(=O)c2ccc(NC(=O)Nc3ccccc3)cc2)n1. The van der Waals surface area contributed by atoms with E-state index in [4.69, 9.17) is 16.2 Å². The van der Waals surface area contributed by atoms with Crippen LogP contribution in [0.5, 0.6) is 0 Å². The van der Waals surface area contributed by atoms with Gasteiger partial charge in [-0.3, -0.25) is 0 Å². The first kappa shape index (κ1) is 18.6. The topological polar surface area (TPSA) is 158 Å². The second kappa shape index (κ2) is 8.45. The lowest BCUT2D eigenvalue weighted by Crippen LogP contribution is -2.19. The molecule has 0 atom stereocenters. The molecule has 0 radical (unpaired) electrons. The second-order valence-electron chi connectivity index (χ2n) is 5.57. The van der Waals surface area contributed by atoms with Gasteiger partial charge in [-0.15, -0.1) is 0 Å². The highest BCUT2D eigenvalue weighted by molar-refractivity contribution is 6.00. The van der Waals surface area contributed by atoms with Crippen LogP contribution in [0.25, 0.3) is 0 Å². The predicted molar refractivity (Wildman–Crippen MR) is 103 cm³/mol. The summed E-state index contributed by atoms with van der Waals surface area (Å²) in [6.07, 6.45) is 0. The molecule has 28 heavy (non-hydrogen) atoms. The number of esters is 1. The highest BCUT2D eigenvalue weighted by atomic mass is 16.5. The molecule has 0 spiro atoms. The molecule has 0 bridgehead atoms. The van der Waals surface area contributed by atoms with Crippen LogP contribution in [-0.2, 0) is 11.3 Å². The van der Waals surface area contributed by atoms with E-state index in [0.717, 1.165) is 0 Å². The van der Waals surface area contributed by atoms with Crippen LogP contribution in [0.15, 0.2) is 54.6 Å². The molecule has 142 valence electrons. The molecule has 0 aliphatic heterocycles. The Kier molecular flexibility index (Phi) is 5.60. The smallest absolute Gasteiger partial charge is 0.338 e. The number of carbonyl (C=O) groups excluding carboxylic acids is 2. The van der Waals surface area contributed by atoms with Gasteiger partial charge in [-0.2, -0.15) is 15.0 Å². The molecule has 0 aliphatic rings. The zero-order chi connectivity index (χ0) is 19.9. The quantitative estimate of drug-likeness (QED) is 0.490. The molecule has 2 aromatic carbocycles. The van der Waals surface area contributed by atoms with E-state index in [1.807, 2.05) is 18.2 Å². The van der Waals surface area contributed by atoms with E-state index >= 15 is 0 Å². The molecule has 1 aromatic heterocycles. The lowest BCUT2D eigenvalue weighted by Gasteiger charge is -2.08. The van der Waals surface area contributed by atoms with Crippen LogP contribution in [0.4, 0.5) is 28.1 Å². The number of benzene rings is 2. The van der Waals surface area contributed by atoms with Crippen molar-refractivity contribution in [2.24, 2.45) is 0 Å². The van der Waals surface area contributed by atoms with Gasteiger partial charge in [-0.1, -0.05) is 18.2 Å². The normalized spacial score (nSPS) is 10.1. The van der Waals surface area contributed by atoms with E-state index in [2.05, 4.69) is 25.6 Å². The number of carbonyl (C=O) groups is 2. The summed E-state index contributed by atoms with van der Waals surface area (Å²) in [5.41, 5.74) is 12.4. The average Bonchev–Trinajstić information content (AvgIpc) is 2.66. The number of anilines is 4. The van der Waals surface area contributed by atoms with Crippen molar-refractivity contribution in [1.29, 1.82) is 0 Å². The van der Waals surface area contributed by atoms with Gasteiger partial charge in [-0.25, -0.2) is 9.59 Å². The zero-order valence-electron chi connectivity index (χ0n) is 14.6. The van der Waals surface area contributed by atoms with Crippen molar-refractivity contribution in [3.63, 3.8) is 0 Å². The molecule has 3 rings (SSSR count). The standard InChI is InChI=1S/C18H17N7O3/c19-16-23-14(24-17(20)25-16)10-28-15(26)11-6-8-13(9-7-11)22-18(27)21-12-4-2-1-3-5-12/h1-9H,10H2,(H2,21,22,27)(H4,19,20,23,24,25). The molecule has 6 N–H and O–H groups in total. The number of urea groups is 1. The minimum Gasteiger partial charge on any atom is -0.454 e. The molecule has 2 amide bonds. The zero-order valence-corrected chi connectivity index (χ0v) is 14.6. The third-order valence-electron chi connectivity index (χ3n) is 3.46. The Bertz CT molecular complexity index is 958. The van der Waals surface area contributed by atoms with Crippen molar-refractivity contribution in [1.82, 2.24) is 15.0 Å². The van der Waals surface area contributed by atoms with E-state index in [1.165, 1.54) is 12.1 Å². The fourth-order valence-corrected chi connectivity index (χ4v) is 2.24. The Balaban J connectivity index is 1.54. The number of rotatable bonds is 5. The number of para-hydroxylation sites is 1. The maximum atomic E-state index is 12.1. The first-order valence-electron chi connectivity index (χ1n) is 8.16. The summed E-state index contributed by atoms with van der Waals surface area (Å²) >= 11 is 0. The number of hydrogen-bond acceptors (Lipinski definition) is 8. The van der Waals surface area contributed by atoms with Gasteiger partial charge < -0.3 is 26.8 Å². The Labute approximate surface area is 160 Å². The number of aromatic nitrogens is 3. The highest BCUT2D eigenvalue weighted by Crippen LogP contribution is 2.13. The number of nitrogens with zero attached hydrogens (tertiary/aromatic N) is 3. The van der Waals surface area contributed by atoms with Crippen LogP contribution < -0.4 is 22.1 Å². The molecule has 0 aliphatic carbocycles. The average molecular weight is 379 g/mol. The van der Waals surface area contributed by atoms with Crippen molar-refractivity contribution in [3.05, 3.63) is 66.0 Å². The molecule has 3 aromatic rings. The Hall–Kier alpha value is -4.21. The van der Waals surface area contributed by atoms with Gasteiger partial charge in [0.15, 0.2) is 12.4 Å². The van der Waals surface area contributed by atoms with Gasteiger partial charge in [0.1, 0.15) is 0 Å². The summed E-state index contributed by atoms with van der Waals surface area (Å²) in [6, 6.07) is 14.8. The molecule has 10 nitrogen and oxygen atoms in total. The number of nitrogens with two attached hydrogens (primary N) is 2. The van der Waals surface area contributed by atoms with Crippen molar-refractivity contribution in [2.45, 2.75) is 6.61 Å². The van der Waals surface area contributed by atoms with Crippen molar-refractivity contribution in [3.8, 4) is 0 Å². The van der Waals surface area contributed by atoms with Crippen LogP contribution in [0.2, 0.25) is 0 Å². The lowest BCUT2D eigenvalue weighted by atomic mass is 10.2. The van der Waals surface area contributed by atoms with Crippen molar-refractivity contribution >= 4 is 35.3 Å². The Morgan fingerprint density at radius 2 is 1.39 bits per heavy atom. The minimum absolute atomic E-state index is 0.0530. The fourth-order valence-electron chi connectivity index (χ4n) is 2.24.